The van der Waals surface area contributed by atoms with Gasteiger partial charge in [0.15, 0.2) is 6.04 Å². The van der Waals surface area contributed by atoms with Crippen LogP contribution in [0.15, 0.2) is 4.99 Å². The highest BCUT2D eigenvalue weighted by molar-refractivity contribution is 5.88. The maximum absolute atomic E-state index is 10.8. The Labute approximate surface area is 72.8 Å². The summed E-state index contributed by atoms with van der Waals surface area (Å²) in [6.07, 6.45) is 3.20. The van der Waals surface area contributed by atoms with Crippen LogP contribution >= 0.6 is 0 Å². The number of hydrogen-bond donors (Lipinski definition) is 0. The Hall–Kier alpha value is -0.990. The van der Waals surface area contributed by atoms with Gasteiger partial charge in [0.1, 0.15) is 0 Å². The van der Waals surface area contributed by atoms with Crippen molar-refractivity contribution in [2.75, 3.05) is 7.11 Å². The van der Waals surface area contributed by atoms with E-state index < -0.39 is 0 Å². The van der Waals surface area contributed by atoms with Crippen molar-refractivity contribution in [2.45, 2.75) is 31.7 Å². The fraction of sp³-hybridized carbons (Fsp3) is 0.667. The lowest BCUT2D eigenvalue weighted by atomic mass is 10.1. The molecule has 0 amide bonds. The van der Waals surface area contributed by atoms with Crippen LogP contribution in [0, 0.1) is 6.92 Å². The van der Waals surface area contributed by atoms with Crippen molar-refractivity contribution in [3.63, 3.8) is 0 Å². The molecule has 1 aliphatic heterocycles. The molecule has 1 atom stereocenters. The van der Waals surface area contributed by atoms with E-state index in [2.05, 4.69) is 16.7 Å². The summed E-state index contributed by atoms with van der Waals surface area (Å²) in [5.41, 5.74) is 1.11. The fourth-order valence-corrected chi connectivity index (χ4v) is 1.26. The van der Waals surface area contributed by atoms with Crippen LogP contribution in [0.25, 0.3) is 0 Å². The second-order valence-electron chi connectivity index (χ2n) is 2.96. The summed E-state index contributed by atoms with van der Waals surface area (Å²) in [5, 5.41) is 0. The van der Waals surface area contributed by atoms with Crippen molar-refractivity contribution in [1.82, 2.24) is 0 Å². The topological polar surface area (TPSA) is 38.7 Å². The molecular weight excluding hydrogens is 154 g/mol. The molecule has 3 nitrogen and oxygen atoms in total. The molecular formula is C9H14NO2+. The van der Waals surface area contributed by atoms with Crippen molar-refractivity contribution in [3.05, 3.63) is 6.92 Å². The number of esters is 1. The standard InChI is InChI=1S/C9H14NO2/c1-7-3-4-8(10-7)5-6-9(11)12-2/h7H,1,3-6H2,2H3/q+1. The molecule has 0 N–H and O–H groups in total. The SMILES string of the molecule is [CH2+]C1CCC(CCC(=O)OC)=N1. The van der Waals surface area contributed by atoms with Gasteiger partial charge in [-0.1, -0.05) is 0 Å². The van der Waals surface area contributed by atoms with Gasteiger partial charge in [-0.2, -0.15) is 0 Å². The van der Waals surface area contributed by atoms with Crippen LogP contribution in [0.4, 0.5) is 0 Å². The van der Waals surface area contributed by atoms with Crippen LogP contribution in [0.3, 0.4) is 0 Å². The van der Waals surface area contributed by atoms with E-state index in [0.29, 0.717) is 6.42 Å². The number of rotatable bonds is 3. The Kier molecular flexibility index (Phi) is 3.14. The third-order valence-corrected chi connectivity index (χ3v) is 1.98. The second kappa shape index (κ2) is 4.14. The first-order chi connectivity index (χ1) is 5.72. The van der Waals surface area contributed by atoms with Crippen LogP contribution in [0.2, 0.25) is 0 Å². The van der Waals surface area contributed by atoms with Crippen molar-refractivity contribution in [3.8, 4) is 0 Å². The average Bonchev–Trinajstić information content (AvgIpc) is 2.47. The zero-order valence-electron chi connectivity index (χ0n) is 7.38. The van der Waals surface area contributed by atoms with Crippen molar-refractivity contribution in [1.29, 1.82) is 0 Å². The summed E-state index contributed by atoms with van der Waals surface area (Å²) in [7, 11) is 1.41. The highest BCUT2D eigenvalue weighted by atomic mass is 16.5. The van der Waals surface area contributed by atoms with Gasteiger partial charge in [0, 0.05) is 12.1 Å². The number of carbonyl (C=O) groups excluding carboxylic acids is 1. The summed E-state index contributed by atoms with van der Waals surface area (Å²) in [6.45, 7) is 3.83. The van der Waals surface area contributed by atoms with Crippen molar-refractivity contribution >= 4 is 11.7 Å². The molecule has 1 unspecified atom stereocenters. The molecule has 0 radical (unpaired) electrons. The molecule has 0 saturated heterocycles. The molecule has 3 heteroatoms. The molecule has 1 rings (SSSR count). The van der Waals surface area contributed by atoms with E-state index in [1.54, 1.807) is 0 Å². The predicted molar refractivity (Wildman–Crippen MR) is 47.1 cm³/mol. The van der Waals surface area contributed by atoms with Crippen LogP contribution in [-0.4, -0.2) is 24.8 Å². The molecule has 66 valence electrons. The Morgan fingerprint density at radius 2 is 2.58 bits per heavy atom. The van der Waals surface area contributed by atoms with Crippen molar-refractivity contribution < 1.29 is 9.53 Å². The molecule has 1 aliphatic rings. The second-order valence-corrected chi connectivity index (χ2v) is 2.96. The van der Waals surface area contributed by atoms with E-state index >= 15 is 0 Å². The number of nitrogens with zero attached hydrogens (tertiary/aromatic N) is 1. The predicted octanol–water partition coefficient (Wildman–Crippen LogP) is 1.38. The lowest BCUT2D eigenvalue weighted by molar-refractivity contribution is -0.140. The zero-order chi connectivity index (χ0) is 8.97. The van der Waals surface area contributed by atoms with Crippen LogP contribution in [0.5, 0.6) is 0 Å². The van der Waals surface area contributed by atoms with E-state index in [4.69, 9.17) is 0 Å². The van der Waals surface area contributed by atoms with Gasteiger partial charge in [-0.15, -0.1) is 0 Å². The summed E-state index contributed by atoms with van der Waals surface area (Å²) in [5.74, 6) is -0.162. The van der Waals surface area contributed by atoms with Gasteiger partial charge in [0.25, 0.3) is 0 Å². The van der Waals surface area contributed by atoms with Crippen LogP contribution in [-0.2, 0) is 9.53 Å². The van der Waals surface area contributed by atoms with Gasteiger partial charge in [0.05, 0.1) is 20.5 Å². The number of methoxy groups -OCH3 is 1. The lowest BCUT2D eigenvalue weighted by Crippen LogP contribution is -2.03. The lowest BCUT2D eigenvalue weighted by Gasteiger charge is -1.97. The molecule has 1 heterocycles. The first kappa shape index (κ1) is 9.10. The molecule has 0 aromatic heterocycles. The Bertz CT molecular complexity index is 199. The maximum atomic E-state index is 10.8. The number of hydrogen-bond acceptors (Lipinski definition) is 3. The first-order valence-electron chi connectivity index (χ1n) is 4.18. The summed E-state index contributed by atoms with van der Waals surface area (Å²) in [6, 6.07) is 0.206. The third-order valence-electron chi connectivity index (χ3n) is 1.98. The molecule has 0 fully saturated rings. The summed E-state index contributed by atoms with van der Waals surface area (Å²) in [4.78, 5) is 15.0. The Morgan fingerprint density at radius 1 is 1.83 bits per heavy atom. The van der Waals surface area contributed by atoms with Crippen LogP contribution in [0.1, 0.15) is 25.7 Å². The van der Waals surface area contributed by atoms with Gasteiger partial charge in [0.2, 0.25) is 0 Å². The van der Waals surface area contributed by atoms with E-state index in [1.165, 1.54) is 7.11 Å². The third kappa shape index (κ3) is 2.57. The van der Waals surface area contributed by atoms with Gasteiger partial charge >= 0.3 is 5.97 Å². The molecule has 0 saturated carbocycles. The van der Waals surface area contributed by atoms with Crippen LogP contribution < -0.4 is 0 Å². The number of aliphatic imine (C=N–C) groups is 1. The van der Waals surface area contributed by atoms with Gasteiger partial charge < -0.3 is 4.74 Å². The van der Waals surface area contributed by atoms with E-state index in [1.807, 2.05) is 0 Å². The normalized spacial score (nSPS) is 22.1. The highest BCUT2D eigenvalue weighted by Gasteiger charge is 2.17. The van der Waals surface area contributed by atoms with E-state index in [-0.39, 0.29) is 12.0 Å². The fourth-order valence-electron chi connectivity index (χ4n) is 1.26. The number of ether oxygens (including phenoxy) is 1. The van der Waals surface area contributed by atoms with Crippen molar-refractivity contribution in [2.24, 2.45) is 4.99 Å². The maximum Gasteiger partial charge on any atom is 0.305 e. The molecule has 0 aliphatic carbocycles. The van der Waals surface area contributed by atoms with E-state index in [0.717, 1.165) is 25.0 Å². The number of carbonyl (C=O) groups is 1. The minimum atomic E-state index is -0.162. The van der Waals surface area contributed by atoms with Gasteiger partial charge in [-0.25, -0.2) is 4.99 Å². The monoisotopic (exact) mass is 168 g/mol. The summed E-state index contributed by atoms with van der Waals surface area (Å²) < 4.78 is 4.53. The molecule has 0 bridgehead atoms. The smallest absolute Gasteiger partial charge is 0.305 e. The molecule has 12 heavy (non-hydrogen) atoms. The molecule has 0 aromatic rings. The Morgan fingerprint density at radius 3 is 3.08 bits per heavy atom. The summed E-state index contributed by atoms with van der Waals surface area (Å²) >= 11 is 0. The molecule has 0 aromatic carbocycles. The minimum Gasteiger partial charge on any atom is -0.469 e. The zero-order valence-corrected chi connectivity index (χ0v) is 7.38. The van der Waals surface area contributed by atoms with Gasteiger partial charge in [-0.05, 0) is 12.8 Å². The minimum absolute atomic E-state index is 0.162. The van der Waals surface area contributed by atoms with Gasteiger partial charge in [-0.3, -0.25) is 4.79 Å². The molecule has 0 spiro atoms. The quantitative estimate of drug-likeness (QED) is 0.471. The highest BCUT2D eigenvalue weighted by Crippen LogP contribution is 2.15. The first-order valence-corrected chi connectivity index (χ1v) is 4.18. The van der Waals surface area contributed by atoms with E-state index in [9.17, 15) is 4.79 Å². The Balaban J connectivity index is 2.24. The largest absolute Gasteiger partial charge is 0.469 e. The average molecular weight is 168 g/mol.